The number of carboxylic acid groups (broad SMARTS) is 1. The number of halogens is 2. The first-order chi connectivity index (χ1) is 10.5. The second-order valence-electron chi connectivity index (χ2n) is 5.96. The second-order valence-corrected chi connectivity index (χ2v) is 5.96. The fourth-order valence-electron chi connectivity index (χ4n) is 3.78. The quantitative estimate of drug-likeness (QED) is 0.926. The van der Waals surface area contributed by atoms with Gasteiger partial charge in [0.2, 0.25) is 0 Å². The van der Waals surface area contributed by atoms with Crippen molar-refractivity contribution in [2.24, 2.45) is 0 Å². The molecule has 1 aromatic carbocycles. The second kappa shape index (κ2) is 4.32. The molecule has 1 heterocycles. The zero-order chi connectivity index (χ0) is 15.5. The van der Waals surface area contributed by atoms with Crippen LogP contribution in [0.5, 0.6) is 0 Å². The van der Waals surface area contributed by atoms with E-state index in [1.807, 2.05) is 0 Å². The minimum Gasteiger partial charge on any atom is -0.481 e. The number of aliphatic carboxylic acids is 1. The van der Waals surface area contributed by atoms with E-state index in [4.69, 9.17) is 0 Å². The highest BCUT2D eigenvalue weighted by Crippen LogP contribution is 2.56. The molecule has 0 amide bonds. The highest BCUT2D eigenvalue weighted by molar-refractivity contribution is 5.84. The number of hydrogen-bond donors (Lipinski definition) is 1. The van der Waals surface area contributed by atoms with Crippen molar-refractivity contribution in [1.82, 2.24) is 10.2 Å². The van der Waals surface area contributed by atoms with E-state index in [-0.39, 0.29) is 17.2 Å². The van der Waals surface area contributed by atoms with Gasteiger partial charge in [0.15, 0.2) is 0 Å². The van der Waals surface area contributed by atoms with E-state index in [9.17, 15) is 18.7 Å². The Morgan fingerprint density at radius 1 is 1.27 bits per heavy atom. The van der Waals surface area contributed by atoms with E-state index >= 15 is 0 Å². The van der Waals surface area contributed by atoms with Crippen LogP contribution in [0, 0.1) is 11.6 Å². The van der Waals surface area contributed by atoms with E-state index in [1.54, 1.807) is 6.07 Å². The van der Waals surface area contributed by atoms with Crippen molar-refractivity contribution >= 4 is 5.97 Å². The van der Waals surface area contributed by atoms with Crippen molar-refractivity contribution in [1.29, 1.82) is 0 Å². The van der Waals surface area contributed by atoms with Crippen molar-refractivity contribution in [2.45, 2.75) is 30.6 Å². The number of fused-ring (bicyclic) bond motifs is 5. The Morgan fingerprint density at radius 2 is 2.00 bits per heavy atom. The van der Waals surface area contributed by atoms with Gasteiger partial charge in [0, 0.05) is 0 Å². The third-order valence-corrected chi connectivity index (χ3v) is 4.86. The van der Waals surface area contributed by atoms with Crippen molar-refractivity contribution in [2.75, 3.05) is 0 Å². The van der Waals surface area contributed by atoms with Crippen LogP contribution < -0.4 is 0 Å². The SMILES string of the molecule is O=C(O)[C@]12CC[C@H](C1)c1cc(-c3c(F)cccc3F)nnc12. The van der Waals surface area contributed by atoms with E-state index in [2.05, 4.69) is 10.2 Å². The zero-order valence-electron chi connectivity index (χ0n) is 11.5. The Labute approximate surface area is 124 Å². The van der Waals surface area contributed by atoms with Gasteiger partial charge in [0.1, 0.15) is 17.0 Å². The van der Waals surface area contributed by atoms with Crippen LogP contribution in [0.25, 0.3) is 11.3 Å². The molecule has 112 valence electrons. The number of aromatic nitrogens is 2. The smallest absolute Gasteiger partial charge is 0.315 e. The number of carbonyl (C=O) groups is 1. The van der Waals surface area contributed by atoms with Crippen molar-refractivity contribution < 1.29 is 18.7 Å². The minimum absolute atomic E-state index is 0.0789. The predicted octanol–water partition coefficient (Wildman–Crippen LogP) is 3.03. The Morgan fingerprint density at radius 3 is 2.68 bits per heavy atom. The summed E-state index contributed by atoms with van der Waals surface area (Å²) in [6.07, 6.45) is 1.79. The van der Waals surface area contributed by atoms with E-state index < -0.39 is 23.0 Å². The molecule has 1 fully saturated rings. The number of carboxylic acids is 1. The van der Waals surface area contributed by atoms with Gasteiger partial charge in [0.25, 0.3) is 0 Å². The monoisotopic (exact) mass is 302 g/mol. The van der Waals surface area contributed by atoms with Crippen molar-refractivity contribution in [3.63, 3.8) is 0 Å². The molecule has 0 spiro atoms. The van der Waals surface area contributed by atoms with E-state index in [0.29, 0.717) is 18.5 Å². The summed E-state index contributed by atoms with van der Waals surface area (Å²) >= 11 is 0. The van der Waals surface area contributed by atoms with Crippen molar-refractivity contribution in [3.05, 3.63) is 47.2 Å². The summed E-state index contributed by atoms with van der Waals surface area (Å²) in [5.74, 6) is -2.22. The van der Waals surface area contributed by atoms with Gasteiger partial charge < -0.3 is 5.11 Å². The van der Waals surface area contributed by atoms with Gasteiger partial charge in [-0.25, -0.2) is 8.78 Å². The van der Waals surface area contributed by atoms with Gasteiger partial charge >= 0.3 is 5.97 Å². The van der Waals surface area contributed by atoms with Gasteiger partial charge in [-0.15, -0.1) is 5.10 Å². The molecule has 0 unspecified atom stereocenters. The minimum atomic E-state index is -0.973. The molecule has 0 saturated heterocycles. The number of hydrogen-bond acceptors (Lipinski definition) is 3. The first kappa shape index (κ1) is 13.3. The molecule has 2 aliphatic rings. The van der Waals surface area contributed by atoms with Crippen LogP contribution in [0.4, 0.5) is 8.78 Å². The molecule has 22 heavy (non-hydrogen) atoms. The van der Waals surface area contributed by atoms with Crippen LogP contribution in [0.15, 0.2) is 24.3 Å². The lowest BCUT2D eigenvalue weighted by Crippen LogP contribution is -2.32. The first-order valence-corrected chi connectivity index (χ1v) is 7.09. The molecule has 4 nitrogen and oxygen atoms in total. The molecule has 1 N–H and O–H groups in total. The molecule has 1 saturated carbocycles. The normalized spacial score (nSPS) is 25.3. The third-order valence-electron chi connectivity index (χ3n) is 4.86. The fourth-order valence-corrected chi connectivity index (χ4v) is 3.78. The number of nitrogens with zero attached hydrogens (tertiary/aromatic N) is 2. The first-order valence-electron chi connectivity index (χ1n) is 7.09. The van der Waals surface area contributed by atoms with Crippen LogP contribution in [0.3, 0.4) is 0 Å². The molecule has 4 rings (SSSR count). The standard InChI is InChI=1S/C16H12F2N2O2/c17-10-2-1-3-11(18)13(10)12-6-9-8-4-5-16(7-8,15(21)22)14(9)20-19-12/h1-3,6,8H,4-5,7H2,(H,21,22)/t8-,16-/m1/s1. The largest absolute Gasteiger partial charge is 0.481 e. The zero-order valence-corrected chi connectivity index (χ0v) is 11.5. The van der Waals surface area contributed by atoms with Crippen LogP contribution in [0.2, 0.25) is 0 Å². The van der Waals surface area contributed by atoms with E-state index in [1.165, 1.54) is 6.07 Å². The molecule has 6 heteroatoms. The summed E-state index contributed by atoms with van der Waals surface area (Å²) < 4.78 is 27.8. The lowest BCUT2D eigenvalue weighted by atomic mass is 9.83. The Bertz CT molecular complexity index is 788. The van der Waals surface area contributed by atoms with Gasteiger partial charge in [0.05, 0.1) is 17.0 Å². The molecule has 1 aromatic heterocycles. The lowest BCUT2D eigenvalue weighted by molar-refractivity contribution is -0.143. The molecule has 2 aromatic rings. The lowest BCUT2D eigenvalue weighted by Gasteiger charge is -2.22. The van der Waals surface area contributed by atoms with Crippen LogP contribution >= 0.6 is 0 Å². The van der Waals surface area contributed by atoms with Gasteiger partial charge in [-0.1, -0.05) is 6.07 Å². The predicted molar refractivity (Wildman–Crippen MR) is 73.3 cm³/mol. The van der Waals surface area contributed by atoms with Crippen LogP contribution in [0.1, 0.15) is 36.4 Å². The average Bonchev–Trinajstić information content (AvgIpc) is 3.05. The fraction of sp³-hybridized carbons (Fsp3) is 0.312. The summed E-state index contributed by atoms with van der Waals surface area (Å²) in [6, 6.07) is 5.21. The maximum atomic E-state index is 13.9. The van der Waals surface area contributed by atoms with E-state index in [0.717, 1.165) is 24.1 Å². The summed E-state index contributed by atoms with van der Waals surface area (Å²) in [5.41, 5.74) is 0.143. The molecule has 2 aliphatic carbocycles. The Kier molecular flexibility index (Phi) is 2.61. The van der Waals surface area contributed by atoms with Crippen LogP contribution in [-0.2, 0) is 10.2 Å². The number of rotatable bonds is 2. The molecule has 0 aliphatic heterocycles. The Hall–Kier alpha value is -2.37. The highest BCUT2D eigenvalue weighted by atomic mass is 19.1. The topological polar surface area (TPSA) is 63.1 Å². The van der Waals surface area contributed by atoms with Gasteiger partial charge in [-0.2, -0.15) is 5.10 Å². The highest BCUT2D eigenvalue weighted by Gasteiger charge is 2.56. The molecule has 2 atom stereocenters. The molecular formula is C16H12F2N2O2. The maximum Gasteiger partial charge on any atom is 0.315 e. The summed E-state index contributed by atoms with van der Waals surface area (Å²) in [4.78, 5) is 11.6. The third kappa shape index (κ3) is 1.58. The molecule has 2 bridgehead atoms. The molecule has 0 radical (unpaired) electrons. The van der Waals surface area contributed by atoms with Crippen molar-refractivity contribution in [3.8, 4) is 11.3 Å². The van der Waals surface area contributed by atoms with Gasteiger partial charge in [-0.3, -0.25) is 4.79 Å². The van der Waals surface area contributed by atoms with Crippen LogP contribution in [-0.4, -0.2) is 21.3 Å². The summed E-state index contributed by atoms with van der Waals surface area (Å²) in [5, 5.41) is 17.4. The van der Waals surface area contributed by atoms with Gasteiger partial charge in [-0.05, 0) is 48.9 Å². The summed E-state index contributed by atoms with van der Waals surface area (Å²) in [7, 11) is 0. The Balaban J connectivity index is 1.89. The average molecular weight is 302 g/mol. The summed E-state index contributed by atoms with van der Waals surface area (Å²) in [6.45, 7) is 0. The maximum absolute atomic E-state index is 13.9. The molecular weight excluding hydrogens is 290 g/mol. The number of benzene rings is 1.